The zero-order valence-electron chi connectivity index (χ0n) is 14.9. The van der Waals surface area contributed by atoms with Gasteiger partial charge in [0.25, 0.3) is 0 Å². The molecule has 1 unspecified atom stereocenters. The van der Waals surface area contributed by atoms with Crippen LogP contribution >= 0.6 is 0 Å². The molecule has 1 aromatic heterocycles. The van der Waals surface area contributed by atoms with Gasteiger partial charge in [-0.05, 0) is 55.4 Å². The number of fused-ring (bicyclic) bond motifs is 2. The monoisotopic (exact) mass is 348 g/mol. The number of aromatic nitrogens is 1. The Morgan fingerprint density at radius 3 is 2.73 bits per heavy atom. The highest BCUT2D eigenvalue weighted by molar-refractivity contribution is 5.72. The summed E-state index contributed by atoms with van der Waals surface area (Å²) in [6, 6.07) is 17.8. The number of aryl methyl sites for hydroxylation is 1. The van der Waals surface area contributed by atoms with E-state index in [4.69, 9.17) is 4.42 Å². The van der Waals surface area contributed by atoms with Gasteiger partial charge in [-0.25, -0.2) is 4.79 Å². The molecule has 0 N–H and O–H groups in total. The molecule has 0 aliphatic heterocycles. The third kappa shape index (κ3) is 2.78. The molecule has 0 amide bonds. The first-order valence-electron chi connectivity index (χ1n) is 9.73. The third-order valence-corrected chi connectivity index (χ3v) is 5.91. The first-order chi connectivity index (χ1) is 12.8. The number of hydrogen-bond acceptors (Lipinski definition) is 3. The van der Waals surface area contributed by atoms with Crippen molar-refractivity contribution in [2.75, 3.05) is 6.54 Å². The highest BCUT2D eigenvalue weighted by atomic mass is 16.4. The summed E-state index contributed by atoms with van der Waals surface area (Å²) < 4.78 is 7.19. The normalized spacial score (nSPS) is 19.8. The quantitative estimate of drug-likeness (QED) is 0.696. The summed E-state index contributed by atoms with van der Waals surface area (Å²) in [6.07, 6.45) is 6.21. The van der Waals surface area contributed by atoms with E-state index in [1.807, 2.05) is 24.3 Å². The van der Waals surface area contributed by atoms with E-state index in [0.29, 0.717) is 24.2 Å². The van der Waals surface area contributed by atoms with Crippen molar-refractivity contribution in [2.45, 2.75) is 50.7 Å². The summed E-state index contributed by atoms with van der Waals surface area (Å²) >= 11 is 0. The average molecular weight is 348 g/mol. The molecule has 1 atom stereocenters. The lowest BCUT2D eigenvalue weighted by Crippen LogP contribution is -2.36. The summed E-state index contributed by atoms with van der Waals surface area (Å²) in [4.78, 5) is 14.9. The van der Waals surface area contributed by atoms with Gasteiger partial charge in [-0.2, -0.15) is 0 Å². The van der Waals surface area contributed by atoms with Crippen LogP contribution in [0.25, 0.3) is 11.1 Å². The van der Waals surface area contributed by atoms with Gasteiger partial charge in [-0.1, -0.05) is 36.4 Å². The minimum absolute atomic E-state index is 0.244. The van der Waals surface area contributed by atoms with Gasteiger partial charge in [0.05, 0.1) is 5.52 Å². The van der Waals surface area contributed by atoms with Crippen molar-refractivity contribution in [1.29, 1.82) is 0 Å². The lowest BCUT2D eigenvalue weighted by molar-refractivity contribution is 0.161. The van der Waals surface area contributed by atoms with Crippen LogP contribution in [0, 0.1) is 0 Å². The Morgan fingerprint density at radius 1 is 1.04 bits per heavy atom. The molecule has 134 valence electrons. The van der Waals surface area contributed by atoms with Gasteiger partial charge in [0.1, 0.15) is 0 Å². The van der Waals surface area contributed by atoms with Gasteiger partial charge < -0.3 is 4.42 Å². The maximum Gasteiger partial charge on any atom is 0.419 e. The number of para-hydroxylation sites is 2. The molecular weight excluding hydrogens is 324 g/mol. The Balaban J connectivity index is 1.43. The van der Waals surface area contributed by atoms with Crippen molar-refractivity contribution < 1.29 is 4.42 Å². The van der Waals surface area contributed by atoms with Gasteiger partial charge in [0.15, 0.2) is 5.58 Å². The molecule has 2 aliphatic rings. The Morgan fingerprint density at radius 2 is 1.85 bits per heavy atom. The van der Waals surface area contributed by atoms with E-state index in [1.54, 1.807) is 4.57 Å². The standard InChI is InChI=1S/C22H24N2O2/c25-22-24(20-9-3-4-11-21(20)26-22)15-14-23(17-12-13-17)19-10-5-7-16-6-1-2-8-18(16)19/h1-4,6,8-9,11,17,19H,5,7,10,12-15H2. The average Bonchev–Trinajstić information content (AvgIpc) is 3.46. The molecule has 0 saturated heterocycles. The van der Waals surface area contributed by atoms with Crippen LogP contribution in [0.2, 0.25) is 0 Å². The zero-order valence-corrected chi connectivity index (χ0v) is 14.9. The molecule has 3 aromatic rings. The first-order valence-corrected chi connectivity index (χ1v) is 9.73. The van der Waals surface area contributed by atoms with Crippen LogP contribution in [0.4, 0.5) is 0 Å². The number of oxazole rings is 1. The molecule has 26 heavy (non-hydrogen) atoms. The van der Waals surface area contributed by atoms with Gasteiger partial charge in [0, 0.05) is 25.2 Å². The molecular formula is C22H24N2O2. The third-order valence-electron chi connectivity index (χ3n) is 5.91. The van der Waals surface area contributed by atoms with Gasteiger partial charge >= 0.3 is 5.76 Å². The SMILES string of the molecule is O=c1oc2ccccc2n1CCN(C1CC1)C1CCCc2ccccc21. The van der Waals surface area contributed by atoms with Crippen LogP contribution in [0.5, 0.6) is 0 Å². The largest absolute Gasteiger partial charge is 0.419 e. The summed E-state index contributed by atoms with van der Waals surface area (Å²) in [5, 5.41) is 0. The molecule has 0 radical (unpaired) electrons. The van der Waals surface area contributed by atoms with Crippen molar-refractivity contribution in [3.05, 3.63) is 70.2 Å². The number of nitrogens with zero attached hydrogens (tertiary/aromatic N) is 2. The van der Waals surface area contributed by atoms with Crippen LogP contribution in [0.15, 0.2) is 57.7 Å². The Hall–Kier alpha value is -2.33. The predicted molar refractivity (Wildman–Crippen MR) is 102 cm³/mol. The van der Waals surface area contributed by atoms with E-state index in [0.717, 1.165) is 12.1 Å². The molecule has 0 bridgehead atoms. The maximum absolute atomic E-state index is 12.3. The number of hydrogen-bond donors (Lipinski definition) is 0. The first kappa shape index (κ1) is 15.9. The second-order valence-electron chi connectivity index (χ2n) is 7.56. The van der Waals surface area contributed by atoms with Crippen molar-refractivity contribution in [1.82, 2.24) is 9.47 Å². The topological polar surface area (TPSA) is 38.4 Å². The van der Waals surface area contributed by atoms with Crippen LogP contribution in [0.3, 0.4) is 0 Å². The summed E-state index contributed by atoms with van der Waals surface area (Å²) in [6.45, 7) is 1.58. The van der Waals surface area contributed by atoms with Gasteiger partial charge in [-0.3, -0.25) is 9.47 Å². The Bertz CT molecular complexity index is 983. The molecule has 4 nitrogen and oxygen atoms in total. The minimum atomic E-state index is -0.244. The Kier molecular flexibility index (Phi) is 3.93. The second kappa shape index (κ2) is 6.44. The maximum atomic E-state index is 12.3. The van der Waals surface area contributed by atoms with Crippen molar-refractivity contribution >= 4 is 11.1 Å². The molecule has 2 aromatic carbocycles. The lowest BCUT2D eigenvalue weighted by Gasteiger charge is -2.36. The van der Waals surface area contributed by atoms with E-state index in [1.165, 1.54) is 43.2 Å². The van der Waals surface area contributed by atoms with Crippen molar-refractivity contribution in [3.63, 3.8) is 0 Å². The van der Waals surface area contributed by atoms with Crippen molar-refractivity contribution in [2.24, 2.45) is 0 Å². The molecule has 2 aliphatic carbocycles. The van der Waals surface area contributed by atoms with Gasteiger partial charge in [0.2, 0.25) is 0 Å². The predicted octanol–water partition coefficient (Wildman–Crippen LogP) is 4.14. The fourth-order valence-corrected chi connectivity index (χ4v) is 4.51. The smallest absolute Gasteiger partial charge is 0.408 e. The fourth-order valence-electron chi connectivity index (χ4n) is 4.51. The summed E-state index contributed by atoms with van der Waals surface area (Å²) in [5.74, 6) is -0.244. The fraction of sp³-hybridized carbons (Fsp3) is 0.409. The van der Waals surface area contributed by atoms with Crippen molar-refractivity contribution in [3.8, 4) is 0 Å². The molecule has 5 rings (SSSR count). The lowest BCUT2D eigenvalue weighted by atomic mass is 9.86. The number of benzene rings is 2. The van der Waals surface area contributed by atoms with Crippen LogP contribution in [0.1, 0.15) is 42.9 Å². The van der Waals surface area contributed by atoms with Gasteiger partial charge in [-0.15, -0.1) is 0 Å². The highest BCUT2D eigenvalue weighted by Crippen LogP contribution is 2.40. The highest BCUT2D eigenvalue weighted by Gasteiger charge is 2.36. The second-order valence-corrected chi connectivity index (χ2v) is 7.56. The molecule has 0 spiro atoms. The molecule has 4 heteroatoms. The van der Waals surface area contributed by atoms with E-state index in [2.05, 4.69) is 29.2 Å². The van der Waals surface area contributed by atoms with Crippen LogP contribution in [-0.4, -0.2) is 22.1 Å². The minimum Gasteiger partial charge on any atom is -0.408 e. The zero-order chi connectivity index (χ0) is 17.5. The van der Waals surface area contributed by atoms with E-state index in [9.17, 15) is 4.79 Å². The summed E-state index contributed by atoms with van der Waals surface area (Å²) in [7, 11) is 0. The number of rotatable bonds is 5. The van der Waals surface area contributed by atoms with E-state index < -0.39 is 0 Å². The summed E-state index contributed by atoms with van der Waals surface area (Å²) in [5.41, 5.74) is 4.58. The van der Waals surface area contributed by atoms with E-state index in [-0.39, 0.29) is 5.76 Å². The molecule has 1 fully saturated rings. The van der Waals surface area contributed by atoms with E-state index >= 15 is 0 Å². The Labute approximate surface area is 153 Å². The van der Waals surface area contributed by atoms with Crippen LogP contribution < -0.4 is 5.76 Å². The molecule has 1 heterocycles. The molecule has 1 saturated carbocycles. The van der Waals surface area contributed by atoms with Crippen LogP contribution in [-0.2, 0) is 13.0 Å².